The van der Waals surface area contributed by atoms with Crippen LogP contribution in [0.5, 0.6) is 0 Å². The normalized spacial score (nSPS) is 11.6. The lowest BCUT2D eigenvalue weighted by molar-refractivity contribution is -0.123. The summed E-state index contributed by atoms with van der Waals surface area (Å²) >= 11 is 0. The summed E-state index contributed by atoms with van der Waals surface area (Å²) in [7, 11) is 1.50. The van der Waals surface area contributed by atoms with Crippen LogP contribution in [0.1, 0.15) is 33.6 Å². The number of hydrogen-bond acceptors (Lipinski definition) is 4. The van der Waals surface area contributed by atoms with Crippen molar-refractivity contribution in [1.29, 1.82) is 0 Å². The Kier molecular flexibility index (Phi) is 12.6. The van der Waals surface area contributed by atoms with E-state index >= 15 is 0 Å². The first-order valence-electron chi connectivity index (χ1n) is 5.38. The second-order valence-electron chi connectivity index (χ2n) is 3.54. The first kappa shape index (κ1) is 16.7. The lowest BCUT2D eigenvalue weighted by Crippen LogP contribution is -2.37. The Balaban J connectivity index is 0. The molecule has 0 rings (SSSR count). The van der Waals surface area contributed by atoms with E-state index < -0.39 is 0 Å². The molecule has 0 radical (unpaired) electrons. The fraction of sp³-hybridized carbons (Fsp3) is 0.818. The smallest absolute Gasteiger partial charge is 0.151 e. The molecule has 0 aliphatic heterocycles. The van der Waals surface area contributed by atoms with Gasteiger partial charge in [-0.15, -0.1) is 0 Å². The van der Waals surface area contributed by atoms with Crippen molar-refractivity contribution in [2.75, 3.05) is 13.6 Å². The van der Waals surface area contributed by atoms with E-state index in [4.69, 9.17) is 0 Å². The van der Waals surface area contributed by atoms with Gasteiger partial charge in [0.25, 0.3) is 0 Å². The first-order valence-corrected chi connectivity index (χ1v) is 5.38. The molecule has 4 nitrogen and oxygen atoms in total. The van der Waals surface area contributed by atoms with Crippen LogP contribution >= 0.6 is 0 Å². The van der Waals surface area contributed by atoms with Gasteiger partial charge in [0.2, 0.25) is 0 Å². The van der Waals surface area contributed by atoms with Crippen LogP contribution in [0.3, 0.4) is 0 Å². The van der Waals surface area contributed by atoms with Crippen molar-refractivity contribution in [1.82, 2.24) is 5.32 Å². The van der Waals surface area contributed by atoms with Crippen LogP contribution in [0.25, 0.3) is 0 Å². The van der Waals surface area contributed by atoms with E-state index in [1.54, 1.807) is 0 Å². The quantitative estimate of drug-likeness (QED) is 0.486. The molecule has 1 unspecified atom stereocenters. The summed E-state index contributed by atoms with van der Waals surface area (Å²) in [6, 6.07) is -0.0911. The van der Waals surface area contributed by atoms with E-state index in [1.807, 2.05) is 20.8 Å². The van der Waals surface area contributed by atoms with Gasteiger partial charge in [0, 0.05) is 12.3 Å². The molecule has 0 amide bonds. The molecule has 0 aliphatic carbocycles. The Hall–Kier alpha value is -0.740. The number of nitrogens with two attached hydrogens (primary N) is 1. The number of aldehydes is 1. The molecule has 3 N–H and O–H groups in total. The summed E-state index contributed by atoms with van der Waals surface area (Å²) in [5.74, 6) is 0.305. The minimum absolute atomic E-state index is 0.0774. The first-order chi connectivity index (χ1) is 7.09. The summed E-state index contributed by atoms with van der Waals surface area (Å²) in [5.41, 5.74) is 4.50. The number of rotatable bonds is 7. The molecule has 0 fully saturated rings. The average molecular weight is 216 g/mol. The molecule has 0 aliphatic rings. The minimum Gasteiger partial charge on any atom is -0.333 e. The Bertz CT molecular complexity index is 170. The second kappa shape index (κ2) is 11.3. The lowest BCUT2D eigenvalue weighted by Gasteiger charge is -2.14. The zero-order valence-corrected chi connectivity index (χ0v) is 10.2. The highest BCUT2D eigenvalue weighted by molar-refractivity contribution is 5.85. The maximum atomic E-state index is 11.4. The van der Waals surface area contributed by atoms with E-state index in [9.17, 15) is 9.59 Å². The van der Waals surface area contributed by atoms with Crippen molar-refractivity contribution in [3.8, 4) is 0 Å². The van der Waals surface area contributed by atoms with Crippen LogP contribution in [0.15, 0.2) is 0 Å². The van der Waals surface area contributed by atoms with Gasteiger partial charge in [-0.05, 0) is 26.9 Å². The Morgan fingerprint density at radius 1 is 1.33 bits per heavy atom. The number of carbonyl (C=O) groups excluding carboxylic acids is 2. The molecule has 0 heterocycles. The molecule has 0 aromatic rings. The van der Waals surface area contributed by atoms with Gasteiger partial charge in [0.05, 0.1) is 6.04 Å². The van der Waals surface area contributed by atoms with Gasteiger partial charge in [-0.1, -0.05) is 13.8 Å². The van der Waals surface area contributed by atoms with Crippen molar-refractivity contribution in [2.24, 2.45) is 11.7 Å². The molecule has 15 heavy (non-hydrogen) atoms. The van der Waals surface area contributed by atoms with Gasteiger partial charge >= 0.3 is 0 Å². The third-order valence-corrected chi connectivity index (χ3v) is 1.95. The molecule has 0 spiro atoms. The fourth-order valence-corrected chi connectivity index (χ4v) is 1.10. The molecular weight excluding hydrogens is 192 g/mol. The van der Waals surface area contributed by atoms with Crippen LogP contribution in [0.2, 0.25) is 0 Å². The molecule has 0 bridgehead atoms. The highest BCUT2D eigenvalue weighted by Crippen LogP contribution is 1.99. The highest BCUT2D eigenvalue weighted by atomic mass is 16.1. The maximum absolute atomic E-state index is 11.4. The van der Waals surface area contributed by atoms with E-state index in [2.05, 4.69) is 11.1 Å². The number of carbonyl (C=O) groups is 2. The molecule has 90 valence electrons. The molecular formula is C11H24N2O2. The lowest BCUT2D eigenvalue weighted by atomic mass is 10.0. The third-order valence-electron chi connectivity index (χ3n) is 1.95. The Morgan fingerprint density at radius 3 is 2.27 bits per heavy atom. The molecule has 0 aromatic carbocycles. The maximum Gasteiger partial charge on any atom is 0.151 e. The summed E-state index contributed by atoms with van der Waals surface area (Å²) in [6.45, 7) is 6.39. The predicted octanol–water partition coefficient (Wildman–Crippen LogP) is 0.744. The molecule has 1 atom stereocenters. The second-order valence-corrected chi connectivity index (χ2v) is 3.54. The van der Waals surface area contributed by atoms with E-state index in [0.29, 0.717) is 6.42 Å². The predicted molar refractivity (Wildman–Crippen MR) is 62.7 cm³/mol. The summed E-state index contributed by atoms with van der Waals surface area (Å²) in [4.78, 5) is 21.4. The topological polar surface area (TPSA) is 72.2 Å². The number of ketones is 1. The molecule has 0 saturated carbocycles. The molecule has 0 aromatic heterocycles. The van der Waals surface area contributed by atoms with Crippen LogP contribution in [0.4, 0.5) is 0 Å². The van der Waals surface area contributed by atoms with Crippen LogP contribution < -0.4 is 11.1 Å². The SMILES string of the molecule is CC(C)C(=O)C(C)NCCCC=O.CN. The van der Waals surface area contributed by atoms with E-state index in [-0.39, 0.29) is 17.7 Å². The molecule has 0 saturated heterocycles. The largest absolute Gasteiger partial charge is 0.333 e. The van der Waals surface area contributed by atoms with Crippen LogP contribution in [-0.4, -0.2) is 31.7 Å². The van der Waals surface area contributed by atoms with Gasteiger partial charge in [-0.25, -0.2) is 0 Å². The number of hydrogen-bond donors (Lipinski definition) is 2. The minimum atomic E-state index is -0.0911. The van der Waals surface area contributed by atoms with Crippen molar-refractivity contribution in [3.63, 3.8) is 0 Å². The number of Topliss-reactive ketones (excluding diaryl/α,β-unsaturated/α-hetero) is 1. The van der Waals surface area contributed by atoms with Crippen LogP contribution in [-0.2, 0) is 9.59 Å². The van der Waals surface area contributed by atoms with E-state index in [0.717, 1.165) is 19.3 Å². The zero-order chi connectivity index (χ0) is 12.3. The number of unbranched alkanes of at least 4 members (excludes halogenated alkanes) is 1. The molecule has 4 heteroatoms. The van der Waals surface area contributed by atoms with Gasteiger partial charge < -0.3 is 15.8 Å². The zero-order valence-electron chi connectivity index (χ0n) is 10.2. The average Bonchev–Trinajstić information content (AvgIpc) is 2.25. The van der Waals surface area contributed by atoms with Gasteiger partial charge in [0.15, 0.2) is 5.78 Å². The Morgan fingerprint density at radius 2 is 1.87 bits per heavy atom. The van der Waals surface area contributed by atoms with Crippen molar-refractivity contribution in [2.45, 2.75) is 39.7 Å². The fourth-order valence-electron chi connectivity index (χ4n) is 1.10. The summed E-state index contributed by atoms with van der Waals surface area (Å²) < 4.78 is 0. The standard InChI is InChI=1S/C10H19NO2.CH5N/c1-8(2)10(13)9(3)11-6-4-5-7-12;1-2/h7-9,11H,4-6H2,1-3H3;2H2,1H3. The van der Waals surface area contributed by atoms with Gasteiger partial charge in [-0.2, -0.15) is 0 Å². The monoisotopic (exact) mass is 216 g/mol. The third kappa shape index (κ3) is 9.56. The summed E-state index contributed by atoms with van der Waals surface area (Å²) in [6.07, 6.45) is 2.27. The van der Waals surface area contributed by atoms with Crippen molar-refractivity contribution in [3.05, 3.63) is 0 Å². The van der Waals surface area contributed by atoms with Crippen molar-refractivity contribution < 1.29 is 9.59 Å². The van der Waals surface area contributed by atoms with Gasteiger partial charge in [-0.3, -0.25) is 4.79 Å². The highest BCUT2D eigenvalue weighted by Gasteiger charge is 2.14. The van der Waals surface area contributed by atoms with E-state index in [1.165, 1.54) is 7.05 Å². The van der Waals surface area contributed by atoms with Gasteiger partial charge in [0.1, 0.15) is 6.29 Å². The summed E-state index contributed by atoms with van der Waals surface area (Å²) in [5, 5.41) is 3.09. The Labute approximate surface area is 92.6 Å². The van der Waals surface area contributed by atoms with Crippen molar-refractivity contribution >= 4 is 12.1 Å². The van der Waals surface area contributed by atoms with Crippen LogP contribution in [0, 0.1) is 5.92 Å². The number of nitrogens with one attached hydrogen (secondary N) is 1.